The Hall–Kier alpha value is -4.40. The van der Waals surface area contributed by atoms with Crippen molar-refractivity contribution in [3.63, 3.8) is 0 Å². The third kappa shape index (κ3) is 4.45. The van der Waals surface area contributed by atoms with Gasteiger partial charge in [-0.15, -0.1) is 0 Å². The Bertz CT molecular complexity index is 1220. The van der Waals surface area contributed by atoms with E-state index in [1.54, 1.807) is 19.1 Å². The van der Waals surface area contributed by atoms with Gasteiger partial charge in [0, 0.05) is 6.20 Å². The van der Waals surface area contributed by atoms with Crippen molar-refractivity contribution >= 4 is 17.8 Å². The van der Waals surface area contributed by atoms with Crippen LogP contribution in [0.25, 0.3) is 17.1 Å². The number of imide groups is 1. The van der Waals surface area contributed by atoms with Crippen LogP contribution in [0, 0.1) is 6.92 Å². The zero-order valence-corrected chi connectivity index (χ0v) is 16.4. The number of esters is 1. The van der Waals surface area contributed by atoms with Gasteiger partial charge in [-0.05, 0) is 43.3 Å². The molecule has 0 saturated carbocycles. The summed E-state index contributed by atoms with van der Waals surface area (Å²) in [7, 11) is 0. The quantitative estimate of drug-likeness (QED) is 0.477. The molecule has 0 saturated heterocycles. The second-order valence-electron chi connectivity index (χ2n) is 6.51. The van der Waals surface area contributed by atoms with E-state index in [1.165, 1.54) is 29.3 Å². The number of carbonyl (C=O) groups is 3. The van der Waals surface area contributed by atoms with E-state index in [9.17, 15) is 14.4 Å². The largest absolute Gasteiger partial charge is 0.460 e. The fraction of sp³-hybridized carbons (Fsp3) is 0.0909. The fourth-order valence-corrected chi connectivity index (χ4v) is 2.82. The predicted molar refractivity (Wildman–Crippen MR) is 107 cm³/mol. The topological polar surface area (TPSA) is 117 Å². The summed E-state index contributed by atoms with van der Waals surface area (Å²) in [6, 6.07) is 15.6. The molecule has 1 N–H and O–H groups in total. The van der Waals surface area contributed by atoms with Crippen LogP contribution in [0.3, 0.4) is 0 Å². The number of ether oxygens (including phenoxy) is 1. The van der Waals surface area contributed by atoms with Crippen LogP contribution in [-0.4, -0.2) is 34.2 Å². The first-order chi connectivity index (χ1) is 15.0. The highest BCUT2D eigenvalue weighted by atomic mass is 16.5. The molecule has 0 aliphatic carbocycles. The minimum absolute atomic E-state index is 0.0284. The summed E-state index contributed by atoms with van der Waals surface area (Å²) >= 11 is 0. The van der Waals surface area contributed by atoms with E-state index in [1.807, 2.05) is 30.3 Å². The molecule has 9 nitrogen and oxygen atoms in total. The first-order valence-corrected chi connectivity index (χ1v) is 9.28. The molecule has 2 amide bonds. The fourth-order valence-electron chi connectivity index (χ4n) is 2.82. The van der Waals surface area contributed by atoms with E-state index in [0.29, 0.717) is 11.5 Å². The molecule has 3 aromatic heterocycles. The molecule has 31 heavy (non-hydrogen) atoms. The molecule has 0 radical (unpaired) electrons. The number of aryl methyl sites for hydroxylation is 1. The summed E-state index contributed by atoms with van der Waals surface area (Å²) in [5, 5.41) is 6.53. The Labute approximate surface area is 176 Å². The van der Waals surface area contributed by atoms with Crippen LogP contribution in [0.15, 0.2) is 75.9 Å². The number of amides is 2. The summed E-state index contributed by atoms with van der Waals surface area (Å²) in [6.45, 7) is 1.12. The Kier molecular flexibility index (Phi) is 5.48. The zero-order valence-electron chi connectivity index (χ0n) is 16.4. The van der Waals surface area contributed by atoms with Crippen molar-refractivity contribution in [2.75, 3.05) is 6.61 Å². The average molecular weight is 419 g/mol. The highest BCUT2D eigenvalue weighted by Gasteiger charge is 2.23. The van der Waals surface area contributed by atoms with Crippen LogP contribution in [-0.2, 0) is 9.53 Å². The van der Waals surface area contributed by atoms with Crippen LogP contribution in [0.2, 0.25) is 0 Å². The predicted octanol–water partition coefficient (Wildman–Crippen LogP) is 3.15. The molecule has 0 aliphatic heterocycles. The van der Waals surface area contributed by atoms with Gasteiger partial charge in [-0.25, -0.2) is 9.48 Å². The Balaban J connectivity index is 1.52. The molecule has 0 fully saturated rings. The van der Waals surface area contributed by atoms with Gasteiger partial charge in [-0.2, -0.15) is 5.10 Å². The maximum absolute atomic E-state index is 12.7. The molecule has 0 atom stereocenters. The molecule has 4 aromatic rings. The second-order valence-corrected chi connectivity index (χ2v) is 6.51. The van der Waals surface area contributed by atoms with Crippen molar-refractivity contribution in [1.82, 2.24) is 15.1 Å². The minimum atomic E-state index is -0.791. The van der Waals surface area contributed by atoms with E-state index in [2.05, 4.69) is 10.4 Å². The number of aromatic nitrogens is 2. The van der Waals surface area contributed by atoms with Crippen LogP contribution < -0.4 is 5.32 Å². The monoisotopic (exact) mass is 419 g/mol. The SMILES string of the molecule is Cc1ccc(-c2nn(-c3ccccc3)cc2C(=O)OCC(=O)NC(=O)c2ccco2)o1. The molecule has 0 bridgehead atoms. The van der Waals surface area contributed by atoms with E-state index in [0.717, 1.165) is 5.69 Å². The first kappa shape index (κ1) is 19.9. The summed E-state index contributed by atoms with van der Waals surface area (Å²) in [6.07, 6.45) is 2.80. The van der Waals surface area contributed by atoms with E-state index in [-0.39, 0.29) is 17.0 Å². The van der Waals surface area contributed by atoms with Crippen molar-refractivity contribution in [1.29, 1.82) is 0 Å². The van der Waals surface area contributed by atoms with Gasteiger partial charge < -0.3 is 13.6 Å². The maximum Gasteiger partial charge on any atom is 0.342 e. The van der Waals surface area contributed by atoms with Crippen LogP contribution >= 0.6 is 0 Å². The molecule has 4 rings (SSSR count). The molecule has 0 aliphatic rings. The van der Waals surface area contributed by atoms with Gasteiger partial charge in [0.15, 0.2) is 18.1 Å². The van der Waals surface area contributed by atoms with E-state index < -0.39 is 24.4 Å². The molecule has 9 heteroatoms. The molecule has 1 aromatic carbocycles. The first-order valence-electron chi connectivity index (χ1n) is 9.28. The number of hydrogen-bond acceptors (Lipinski definition) is 7. The van der Waals surface area contributed by atoms with Crippen LogP contribution in [0.5, 0.6) is 0 Å². The second kappa shape index (κ2) is 8.54. The standard InChI is InChI=1S/C22H17N3O6/c1-14-9-10-17(31-14)20-16(12-25(24-20)15-6-3-2-4-7-15)22(28)30-13-19(26)23-21(27)18-8-5-11-29-18/h2-12H,13H2,1H3,(H,23,26,27). The van der Waals surface area contributed by atoms with Gasteiger partial charge in [-0.3, -0.25) is 14.9 Å². The summed E-state index contributed by atoms with van der Waals surface area (Å²) in [4.78, 5) is 36.5. The lowest BCUT2D eigenvalue weighted by molar-refractivity contribution is -0.123. The molecule has 3 heterocycles. The molecular weight excluding hydrogens is 402 g/mol. The summed E-state index contributed by atoms with van der Waals surface area (Å²) in [5.74, 6) is -1.29. The number of hydrogen-bond donors (Lipinski definition) is 1. The van der Waals surface area contributed by atoms with Crippen molar-refractivity contribution in [3.05, 3.63) is 84.1 Å². The summed E-state index contributed by atoms with van der Waals surface area (Å²) < 4.78 is 17.1. The highest BCUT2D eigenvalue weighted by molar-refractivity contribution is 6.04. The molecule has 0 spiro atoms. The third-order valence-electron chi connectivity index (χ3n) is 4.26. The van der Waals surface area contributed by atoms with Gasteiger partial charge in [0.1, 0.15) is 17.0 Å². The zero-order chi connectivity index (χ0) is 21.8. The average Bonchev–Trinajstić information content (AvgIpc) is 3.52. The van der Waals surface area contributed by atoms with Crippen molar-refractivity contribution in [3.8, 4) is 17.1 Å². The van der Waals surface area contributed by atoms with Gasteiger partial charge in [-0.1, -0.05) is 18.2 Å². The number of rotatable bonds is 6. The van der Waals surface area contributed by atoms with Crippen molar-refractivity contribution < 1.29 is 28.0 Å². The highest BCUT2D eigenvalue weighted by Crippen LogP contribution is 2.26. The summed E-state index contributed by atoms with van der Waals surface area (Å²) in [5.41, 5.74) is 1.12. The number of benzene rings is 1. The van der Waals surface area contributed by atoms with Gasteiger partial charge in [0.05, 0.1) is 12.0 Å². The Morgan fingerprint density at radius 3 is 2.55 bits per heavy atom. The van der Waals surface area contributed by atoms with Crippen LogP contribution in [0.4, 0.5) is 0 Å². The maximum atomic E-state index is 12.7. The Morgan fingerprint density at radius 2 is 1.87 bits per heavy atom. The lowest BCUT2D eigenvalue weighted by Gasteiger charge is -2.04. The van der Waals surface area contributed by atoms with Crippen molar-refractivity contribution in [2.24, 2.45) is 0 Å². The minimum Gasteiger partial charge on any atom is -0.460 e. The van der Waals surface area contributed by atoms with Gasteiger partial charge in [0.25, 0.3) is 11.8 Å². The number of carbonyl (C=O) groups excluding carboxylic acids is 3. The van der Waals surface area contributed by atoms with E-state index in [4.69, 9.17) is 13.6 Å². The van der Waals surface area contributed by atoms with Gasteiger partial charge >= 0.3 is 5.97 Å². The Morgan fingerprint density at radius 1 is 1.06 bits per heavy atom. The number of nitrogens with zero attached hydrogens (tertiary/aromatic N) is 2. The van der Waals surface area contributed by atoms with Crippen molar-refractivity contribution in [2.45, 2.75) is 6.92 Å². The van der Waals surface area contributed by atoms with E-state index >= 15 is 0 Å². The normalized spacial score (nSPS) is 10.6. The lowest BCUT2D eigenvalue weighted by atomic mass is 10.2. The molecular formula is C22H17N3O6. The smallest absolute Gasteiger partial charge is 0.342 e. The lowest BCUT2D eigenvalue weighted by Crippen LogP contribution is -2.34. The van der Waals surface area contributed by atoms with Crippen LogP contribution in [0.1, 0.15) is 26.7 Å². The number of furan rings is 2. The molecule has 156 valence electrons. The third-order valence-corrected chi connectivity index (χ3v) is 4.26. The number of nitrogens with one attached hydrogen (secondary N) is 1. The van der Waals surface area contributed by atoms with Gasteiger partial charge in [0.2, 0.25) is 0 Å². The number of para-hydroxylation sites is 1. The molecule has 0 unspecified atom stereocenters.